The standard InChI is InChI=1S/C15H13NO4/c1-9-3-4-11(13(7-9)20-2)14(17)12-8-16-6-5-10(12)15(18)19/h3-8H,1-2H3,(H,18,19). The zero-order chi connectivity index (χ0) is 14.7. The van der Waals surface area contributed by atoms with Gasteiger partial charge in [0, 0.05) is 12.4 Å². The number of methoxy groups -OCH3 is 1. The van der Waals surface area contributed by atoms with Crippen molar-refractivity contribution in [2.75, 3.05) is 7.11 Å². The number of aromatic nitrogens is 1. The Labute approximate surface area is 115 Å². The van der Waals surface area contributed by atoms with Gasteiger partial charge in [-0.3, -0.25) is 9.78 Å². The molecule has 1 aromatic carbocycles. The highest BCUT2D eigenvalue weighted by molar-refractivity contribution is 6.15. The third kappa shape index (κ3) is 2.51. The maximum atomic E-state index is 12.5. The Morgan fingerprint density at radius 2 is 1.90 bits per heavy atom. The summed E-state index contributed by atoms with van der Waals surface area (Å²) in [6.45, 7) is 1.88. The molecule has 2 rings (SSSR count). The van der Waals surface area contributed by atoms with E-state index in [-0.39, 0.29) is 11.1 Å². The highest BCUT2D eigenvalue weighted by Crippen LogP contribution is 2.24. The van der Waals surface area contributed by atoms with Gasteiger partial charge in [0.1, 0.15) is 5.75 Å². The lowest BCUT2D eigenvalue weighted by Crippen LogP contribution is -2.11. The molecule has 0 spiro atoms. The highest BCUT2D eigenvalue weighted by Gasteiger charge is 2.20. The van der Waals surface area contributed by atoms with Crippen LogP contribution in [-0.4, -0.2) is 29.0 Å². The molecule has 5 heteroatoms. The first kappa shape index (κ1) is 13.7. The van der Waals surface area contributed by atoms with Crippen molar-refractivity contribution in [3.63, 3.8) is 0 Å². The minimum Gasteiger partial charge on any atom is -0.496 e. The highest BCUT2D eigenvalue weighted by atomic mass is 16.5. The van der Waals surface area contributed by atoms with Crippen LogP contribution in [0.3, 0.4) is 0 Å². The molecule has 0 aliphatic carbocycles. The van der Waals surface area contributed by atoms with Crippen LogP contribution < -0.4 is 4.74 Å². The van der Waals surface area contributed by atoms with Gasteiger partial charge in [0.2, 0.25) is 0 Å². The van der Waals surface area contributed by atoms with E-state index < -0.39 is 11.8 Å². The Kier molecular flexibility index (Phi) is 3.79. The van der Waals surface area contributed by atoms with Crippen LogP contribution >= 0.6 is 0 Å². The lowest BCUT2D eigenvalue weighted by atomic mass is 9.99. The first-order chi connectivity index (χ1) is 9.54. The van der Waals surface area contributed by atoms with Crippen LogP contribution in [-0.2, 0) is 0 Å². The number of ether oxygens (including phenoxy) is 1. The van der Waals surface area contributed by atoms with Crippen molar-refractivity contribution in [3.05, 3.63) is 58.9 Å². The van der Waals surface area contributed by atoms with E-state index in [0.717, 1.165) is 5.56 Å². The van der Waals surface area contributed by atoms with Crippen LogP contribution in [0.1, 0.15) is 31.8 Å². The number of carbonyl (C=O) groups is 2. The van der Waals surface area contributed by atoms with Crippen LogP contribution in [0.5, 0.6) is 5.75 Å². The number of aromatic carboxylic acids is 1. The van der Waals surface area contributed by atoms with Gasteiger partial charge in [0.05, 0.1) is 23.8 Å². The second kappa shape index (κ2) is 5.52. The maximum absolute atomic E-state index is 12.5. The normalized spacial score (nSPS) is 10.1. The van der Waals surface area contributed by atoms with Gasteiger partial charge in [-0.2, -0.15) is 0 Å². The SMILES string of the molecule is COc1cc(C)ccc1C(=O)c1cnccc1C(=O)O. The summed E-state index contributed by atoms with van der Waals surface area (Å²) < 4.78 is 5.18. The zero-order valence-electron chi connectivity index (χ0n) is 11.1. The first-order valence-corrected chi connectivity index (χ1v) is 5.91. The molecule has 0 atom stereocenters. The van der Waals surface area contributed by atoms with Crippen LogP contribution in [0, 0.1) is 6.92 Å². The van der Waals surface area contributed by atoms with E-state index in [0.29, 0.717) is 11.3 Å². The molecule has 1 aromatic heterocycles. The molecule has 0 fully saturated rings. The van der Waals surface area contributed by atoms with Gasteiger partial charge >= 0.3 is 5.97 Å². The third-order valence-electron chi connectivity index (χ3n) is 2.90. The summed E-state index contributed by atoms with van der Waals surface area (Å²) in [7, 11) is 1.47. The molecule has 1 N–H and O–H groups in total. The molecule has 0 saturated carbocycles. The van der Waals surface area contributed by atoms with Gasteiger partial charge in [-0.05, 0) is 30.7 Å². The van der Waals surface area contributed by atoms with Crippen molar-refractivity contribution in [1.29, 1.82) is 0 Å². The van der Waals surface area contributed by atoms with E-state index in [1.807, 2.05) is 6.92 Å². The number of pyridine rings is 1. The van der Waals surface area contributed by atoms with Crippen molar-refractivity contribution >= 4 is 11.8 Å². The number of carbonyl (C=O) groups excluding carboxylic acids is 1. The molecule has 0 unspecified atom stereocenters. The van der Waals surface area contributed by atoms with Crippen LogP contribution in [0.15, 0.2) is 36.7 Å². The number of carboxylic acid groups (broad SMARTS) is 1. The molecular weight excluding hydrogens is 258 g/mol. The number of rotatable bonds is 4. The van der Waals surface area contributed by atoms with Gasteiger partial charge in [0.15, 0.2) is 5.78 Å². The molecular formula is C15H13NO4. The minimum atomic E-state index is -1.16. The van der Waals surface area contributed by atoms with Gasteiger partial charge in [-0.15, -0.1) is 0 Å². The topological polar surface area (TPSA) is 76.5 Å². The fourth-order valence-electron chi connectivity index (χ4n) is 1.89. The number of aryl methyl sites for hydroxylation is 1. The quantitative estimate of drug-likeness (QED) is 0.863. The second-order valence-corrected chi connectivity index (χ2v) is 4.26. The number of nitrogens with zero attached hydrogens (tertiary/aromatic N) is 1. The molecule has 1 heterocycles. The molecule has 102 valence electrons. The molecule has 20 heavy (non-hydrogen) atoms. The lowest BCUT2D eigenvalue weighted by molar-refractivity contribution is 0.0692. The number of benzene rings is 1. The largest absolute Gasteiger partial charge is 0.496 e. The predicted molar refractivity (Wildman–Crippen MR) is 72.4 cm³/mol. The van der Waals surface area contributed by atoms with E-state index in [4.69, 9.17) is 9.84 Å². The minimum absolute atomic E-state index is 0.0437. The van der Waals surface area contributed by atoms with Gasteiger partial charge in [0.25, 0.3) is 0 Å². The number of hydrogen-bond acceptors (Lipinski definition) is 4. The van der Waals surface area contributed by atoms with Crippen molar-refractivity contribution in [2.24, 2.45) is 0 Å². The van der Waals surface area contributed by atoms with E-state index >= 15 is 0 Å². The van der Waals surface area contributed by atoms with Crippen LogP contribution in [0.25, 0.3) is 0 Å². The van der Waals surface area contributed by atoms with Gasteiger partial charge in [-0.1, -0.05) is 6.07 Å². The van der Waals surface area contributed by atoms with E-state index in [1.165, 1.54) is 25.6 Å². The average molecular weight is 271 g/mol. The Hall–Kier alpha value is -2.69. The third-order valence-corrected chi connectivity index (χ3v) is 2.90. The Morgan fingerprint density at radius 3 is 2.55 bits per heavy atom. The summed E-state index contributed by atoms with van der Waals surface area (Å²) in [5.41, 5.74) is 1.23. The fraction of sp³-hybridized carbons (Fsp3) is 0.133. The number of carboxylic acids is 1. The summed E-state index contributed by atoms with van der Waals surface area (Å²) in [6.07, 6.45) is 2.59. The number of ketones is 1. The Bertz CT molecular complexity index is 679. The molecule has 0 aliphatic rings. The summed E-state index contributed by atoms with van der Waals surface area (Å²) >= 11 is 0. The van der Waals surface area contributed by atoms with E-state index in [2.05, 4.69) is 4.98 Å². The summed E-state index contributed by atoms with van der Waals surface area (Å²) in [4.78, 5) is 27.5. The molecule has 2 aromatic rings. The second-order valence-electron chi connectivity index (χ2n) is 4.26. The molecule has 0 amide bonds. The van der Waals surface area contributed by atoms with Crippen LogP contribution in [0.2, 0.25) is 0 Å². The van der Waals surface area contributed by atoms with Crippen molar-refractivity contribution in [1.82, 2.24) is 4.98 Å². The number of hydrogen-bond donors (Lipinski definition) is 1. The van der Waals surface area contributed by atoms with Crippen molar-refractivity contribution < 1.29 is 19.4 Å². The smallest absolute Gasteiger partial charge is 0.336 e. The summed E-state index contributed by atoms with van der Waals surface area (Å²) in [5, 5.41) is 9.12. The lowest BCUT2D eigenvalue weighted by Gasteiger charge is -2.09. The zero-order valence-corrected chi connectivity index (χ0v) is 11.1. The van der Waals surface area contributed by atoms with Gasteiger partial charge in [-0.25, -0.2) is 4.79 Å². The van der Waals surface area contributed by atoms with Crippen molar-refractivity contribution in [2.45, 2.75) is 6.92 Å². The van der Waals surface area contributed by atoms with E-state index in [1.54, 1.807) is 18.2 Å². The van der Waals surface area contributed by atoms with E-state index in [9.17, 15) is 9.59 Å². The van der Waals surface area contributed by atoms with Crippen molar-refractivity contribution in [3.8, 4) is 5.75 Å². The van der Waals surface area contributed by atoms with Gasteiger partial charge < -0.3 is 9.84 Å². The predicted octanol–water partition coefficient (Wildman–Crippen LogP) is 2.33. The average Bonchev–Trinajstić information content (AvgIpc) is 2.46. The molecule has 0 radical (unpaired) electrons. The first-order valence-electron chi connectivity index (χ1n) is 5.91. The summed E-state index contributed by atoms with van der Waals surface area (Å²) in [5.74, 6) is -1.18. The Morgan fingerprint density at radius 1 is 1.15 bits per heavy atom. The Balaban J connectivity index is 2.55. The maximum Gasteiger partial charge on any atom is 0.336 e. The molecule has 5 nitrogen and oxygen atoms in total. The molecule has 0 saturated heterocycles. The fourth-order valence-corrected chi connectivity index (χ4v) is 1.89. The molecule has 0 bridgehead atoms. The molecule has 0 aliphatic heterocycles. The summed E-state index contributed by atoms with van der Waals surface area (Å²) in [6, 6.07) is 6.42. The monoisotopic (exact) mass is 271 g/mol. The van der Waals surface area contributed by atoms with Crippen LogP contribution in [0.4, 0.5) is 0 Å².